The number of hydrogen-bond acceptors (Lipinski definition) is 3. The van der Waals surface area contributed by atoms with Gasteiger partial charge in [-0.1, -0.05) is 54.6 Å². The van der Waals surface area contributed by atoms with Crippen molar-refractivity contribution in [1.29, 1.82) is 0 Å². The molecule has 0 spiro atoms. The minimum absolute atomic E-state index is 0.186. The van der Waals surface area contributed by atoms with Crippen molar-refractivity contribution in [2.75, 3.05) is 5.32 Å². The minimum Gasteiger partial charge on any atom is -0.324 e. The summed E-state index contributed by atoms with van der Waals surface area (Å²) in [6.45, 7) is 1.75. The Morgan fingerprint density at radius 3 is 2.28 bits per heavy atom. The molecule has 0 aliphatic carbocycles. The molecule has 3 rings (SSSR count). The third-order valence-electron chi connectivity index (χ3n) is 3.54. The molecule has 2 aromatic carbocycles. The number of aromatic nitrogens is 1. The lowest BCUT2D eigenvalue weighted by Gasteiger charge is -2.10. The van der Waals surface area contributed by atoms with Crippen LogP contribution in [0.3, 0.4) is 0 Å². The Kier molecular flexibility index (Phi) is 4.90. The van der Waals surface area contributed by atoms with Crippen molar-refractivity contribution in [3.63, 3.8) is 0 Å². The molecule has 0 bridgehead atoms. The summed E-state index contributed by atoms with van der Waals surface area (Å²) in [5.41, 5.74) is 1.31. The van der Waals surface area contributed by atoms with Crippen molar-refractivity contribution in [3.05, 3.63) is 90.1 Å². The summed E-state index contributed by atoms with van der Waals surface area (Å²) in [6.07, 6.45) is 1.63. The van der Waals surface area contributed by atoms with Crippen molar-refractivity contribution in [2.24, 2.45) is 4.40 Å². The molecule has 0 atom stereocenters. The highest BCUT2D eigenvalue weighted by Crippen LogP contribution is 2.18. The molecule has 5 nitrogen and oxygen atoms in total. The zero-order valence-electron chi connectivity index (χ0n) is 13.6. The SMILES string of the molecule is Cc1ccccc1S(=O)(=O)N=C(Nc1ccccn1)c1ccccc1. The third kappa shape index (κ3) is 4.10. The fourth-order valence-corrected chi connectivity index (χ4v) is 3.53. The Bertz CT molecular complexity index is 985. The van der Waals surface area contributed by atoms with Crippen molar-refractivity contribution in [3.8, 4) is 0 Å². The second kappa shape index (κ2) is 7.27. The van der Waals surface area contributed by atoms with Crippen molar-refractivity contribution < 1.29 is 8.42 Å². The minimum atomic E-state index is -3.86. The van der Waals surface area contributed by atoms with Gasteiger partial charge in [-0.2, -0.15) is 8.42 Å². The van der Waals surface area contributed by atoms with Gasteiger partial charge in [0.2, 0.25) is 0 Å². The van der Waals surface area contributed by atoms with Crippen LogP contribution in [-0.4, -0.2) is 19.2 Å². The second-order valence-corrected chi connectivity index (χ2v) is 6.96. The van der Waals surface area contributed by atoms with E-state index in [2.05, 4.69) is 14.7 Å². The molecule has 0 unspecified atom stereocenters. The van der Waals surface area contributed by atoms with E-state index in [1.54, 1.807) is 61.7 Å². The Hall–Kier alpha value is -2.99. The number of pyridine rings is 1. The highest BCUT2D eigenvalue weighted by atomic mass is 32.2. The molecule has 25 heavy (non-hydrogen) atoms. The van der Waals surface area contributed by atoms with Crippen LogP contribution in [0.4, 0.5) is 5.82 Å². The smallest absolute Gasteiger partial charge is 0.284 e. The van der Waals surface area contributed by atoms with Gasteiger partial charge >= 0.3 is 0 Å². The predicted molar refractivity (Wildman–Crippen MR) is 99.2 cm³/mol. The first-order chi connectivity index (χ1) is 12.1. The fraction of sp³-hybridized carbons (Fsp3) is 0.0526. The molecule has 1 heterocycles. The van der Waals surface area contributed by atoms with E-state index in [4.69, 9.17) is 0 Å². The standard InChI is InChI=1S/C19H17N3O2S/c1-15-9-5-6-12-17(15)25(23,24)22-19(16-10-3-2-4-11-16)21-18-13-7-8-14-20-18/h2-14H,1H3,(H,20,21,22). The van der Waals surface area contributed by atoms with Gasteiger partial charge < -0.3 is 5.32 Å². The molecule has 0 aliphatic heterocycles. The highest BCUT2D eigenvalue weighted by Gasteiger charge is 2.17. The number of benzene rings is 2. The first-order valence-corrected chi connectivity index (χ1v) is 9.14. The number of anilines is 1. The van der Waals surface area contributed by atoms with Crippen molar-refractivity contribution in [2.45, 2.75) is 11.8 Å². The molecule has 0 saturated heterocycles. The largest absolute Gasteiger partial charge is 0.324 e. The molecule has 0 amide bonds. The van der Waals surface area contributed by atoms with Crippen LogP contribution < -0.4 is 5.32 Å². The molecule has 0 fully saturated rings. The Morgan fingerprint density at radius 2 is 1.60 bits per heavy atom. The lowest BCUT2D eigenvalue weighted by molar-refractivity contribution is 0.597. The maximum atomic E-state index is 12.8. The van der Waals surface area contributed by atoms with Gasteiger partial charge in [0.05, 0.1) is 4.90 Å². The van der Waals surface area contributed by atoms with Crippen molar-refractivity contribution >= 4 is 21.7 Å². The molecular weight excluding hydrogens is 334 g/mol. The van der Waals surface area contributed by atoms with Crippen LogP contribution in [0, 0.1) is 6.92 Å². The Balaban J connectivity index is 2.08. The van der Waals surface area contributed by atoms with E-state index in [0.29, 0.717) is 16.9 Å². The lowest BCUT2D eigenvalue weighted by Crippen LogP contribution is -2.17. The van der Waals surface area contributed by atoms with E-state index in [1.807, 2.05) is 24.3 Å². The molecule has 0 aliphatic rings. The molecule has 3 aromatic rings. The normalized spacial score (nSPS) is 12.0. The average Bonchev–Trinajstić information content (AvgIpc) is 2.63. The summed E-state index contributed by atoms with van der Waals surface area (Å²) in [4.78, 5) is 4.36. The molecular formula is C19H17N3O2S. The van der Waals surface area contributed by atoms with E-state index >= 15 is 0 Å². The van der Waals surface area contributed by atoms with Crippen LogP contribution in [-0.2, 0) is 10.0 Å². The van der Waals surface area contributed by atoms with Gasteiger partial charge in [0.1, 0.15) is 5.82 Å². The summed E-state index contributed by atoms with van der Waals surface area (Å²) in [5, 5.41) is 3.00. The number of rotatable bonds is 4. The number of amidine groups is 1. The second-order valence-electron chi connectivity index (χ2n) is 5.39. The van der Waals surface area contributed by atoms with Crippen LogP contribution in [0.5, 0.6) is 0 Å². The Labute approximate surface area is 147 Å². The first-order valence-electron chi connectivity index (χ1n) is 7.70. The molecule has 1 aromatic heterocycles. The zero-order chi connectivity index (χ0) is 17.7. The molecule has 126 valence electrons. The number of sulfonamides is 1. The monoisotopic (exact) mass is 351 g/mol. The van der Waals surface area contributed by atoms with Gasteiger partial charge in [-0.15, -0.1) is 4.40 Å². The van der Waals surface area contributed by atoms with Crippen LogP contribution in [0.1, 0.15) is 11.1 Å². The number of nitrogens with zero attached hydrogens (tertiary/aromatic N) is 2. The van der Waals surface area contributed by atoms with Crippen LogP contribution in [0.25, 0.3) is 0 Å². The summed E-state index contributed by atoms with van der Waals surface area (Å²) in [5.74, 6) is 0.743. The summed E-state index contributed by atoms with van der Waals surface area (Å²) < 4.78 is 29.6. The molecule has 1 N–H and O–H groups in total. The molecule has 0 saturated carbocycles. The van der Waals surface area contributed by atoms with Crippen LogP contribution in [0.15, 0.2) is 88.3 Å². The Morgan fingerprint density at radius 1 is 0.920 bits per heavy atom. The van der Waals surface area contributed by atoms with Crippen LogP contribution in [0.2, 0.25) is 0 Å². The number of aryl methyl sites for hydroxylation is 1. The summed E-state index contributed by atoms with van der Waals surface area (Å²) in [6, 6.07) is 21.2. The fourth-order valence-electron chi connectivity index (χ4n) is 2.32. The quantitative estimate of drug-likeness (QED) is 0.575. The van der Waals surface area contributed by atoms with E-state index in [1.165, 1.54) is 0 Å². The van der Waals surface area contributed by atoms with Gasteiger partial charge in [0.15, 0.2) is 5.84 Å². The maximum Gasteiger partial charge on any atom is 0.284 e. The summed E-state index contributed by atoms with van der Waals surface area (Å²) in [7, 11) is -3.86. The number of nitrogens with one attached hydrogen (secondary N) is 1. The van der Waals surface area contributed by atoms with Gasteiger partial charge in [-0.25, -0.2) is 4.98 Å². The third-order valence-corrected chi connectivity index (χ3v) is 4.98. The van der Waals surface area contributed by atoms with E-state index in [9.17, 15) is 8.42 Å². The lowest BCUT2D eigenvalue weighted by atomic mass is 10.2. The van der Waals surface area contributed by atoms with E-state index < -0.39 is 10.0 Å². The van der Waals surface area contributed by atoms with Gasteiger partial charge in [-0.3, -0.25) is 0 Å². The van der Waals surface area contributed by atoms with Gasteiger partial charge in [-0.05, 0) is 30.7 Å². The van der Waals surface area contributed by atoms with Crippen molar-refractivity contribution in [1.82, 2.24) is 4.98 Å². The highest BCUT2D eigenvalue weighted by molar-refractivity contribution is 7.90. The number of hydrogen-bond donors (Lipinski definition) is 1. The zero-order valence-corrected chi connectivity index (χ0v) is 14.4. The summed E-state index contributed by atoms with van der Waals surface area (Å²) >= 11 is 0. The van der Waals surface area contributed by atoms with Crippen LogP contribution >= 0.6 is 0 Å². The van der Waals surface area contributed by atoms with E-state index in [0.717, 1.165) is 0 Å². The molecule has 0 radical (unpaired) electrons. The maximum absolute atomic E-state index is 12.8. The van der Waals surface area contributed by atoms with Gasteiger partial charge in [0.25, 0.3) is 10.0 Å². The average molecular weight is 351 g/mol. The topological polar surface area (TPSA) is 71.4 Å². The molecule has 6 heteroatoms. The first kappa shape index (κ1) is 16.9. The predicted octanol–water partition coefficient (Wildman–Crippen LogP) is 3.64. The van der Waals surface area contributed by atoms with Gasteiger partial charge in [0, 0.05) is 11.8 Å². The van der Waals surface area contributed by atoms with E-state index in [-0.39, 0.29) is 10.7 Å².